The molecule has 1 fully saturated rings. The van der Waals surface area contributed by atoms with Crippen LogP contribution in [0.15, 0.2) is 52.4 Å². The van der Waals surface area contributed by atoms with Gasteiger partial charge in [0.1, 0.15) is 0 Å². The van der Waals surface area contributed by atoms with Crippen molar-refractivity contribution in [2.24, 2.45) is 0 Å². The standard InChI is InChI=1S/C25H29N3O4S/c1-31-21-14-13-18(15-22(21)32-2)28-24(30)19-11-7-8-12-20(19)27-25(28)33-16-23(29)26-17-9-5-3-4-6-10-17/h7-8,11-15,17H,3-6,9-10,16H2,1-2H3,(H,26,29). The van der Waals surface area contributed by atoms with E-state index in [4.69, 9.17) is 14.5 Å². The van der Waals surface area contributed by atoms with Gasteiger partial charge < -0.3 is 14.8 Å². The zero-order chi connectivity index (χ0) is 23.2. The van der Waals surface area contributed by atoms with Gasteiger partial charge in [-0.05, 0) is 37.1 Å². The summed E-state index contributed by atoms with van der Waals surface area (Å²) in [6.45, 7) is 0. The number of hydrogen-bond donors (Lipinski definition) is 1. The highest BCUT2D eigenvalue weighted by Gasteiger charge is 2.18. The minimum atomic E-state index is -0.195. The molecular formula is C25H29N3O4S. The highest BCUT2D eigenvalue weighted by molar-refractivity contribution is 7.99. The van der Waals surface area contributed by atoms with Crippen LogP contribution in [-0.4, -0.2) is 41.5 Å². The molecule has 0 bridgehead atoms. The van der Waals surface area contributed by atoms with E-state index in [0.29, 0.717) is 33.2 Å². The number of ether oxygens (including phenoxy) is 2. The van der Waals surface area contributed by atoms with Gasteiger partial charge in [0.15, 0.2) is 16.7 Å². The zero-order valence-electron chi connectivity index (χ0n) is 19.0. The molecule has 0 saturated heterocycles. The first-order chi connectivity index (χ1) is 16.1. The topological polar surface area (TPSA) is 82.5 Å². The second-order valence-corrected chi connectivity index (χ2v) is 9.08. The average Bonchev–Trinajstić information content (AvgIpc) is 3.11. The van der Waals surface area contributed by atoms with Gasteiger partial charge in [0.2, 0.25) is 5.91 Å². The second-order valence-electron chi connectivity index (χ2n) is 8.14. The van der Waals surface area contributed by atoms with Crippen molar-refractivity contribution in [1.29, 1.82) is 0 Å². The lowest BCUT2D eigenvalue weighted by Gasteiger charge is -2.17. The predicted octanol–water partition coefficient (Wildman–Crippen LogP) is 4.33. The third-order valence-electron chi connectivity index (χ3n) is 5.92. The van der Waals surface area contributed by atoms with E-state index in [1.165, 1.54) is 29.2 Å². The smallest absolute Gasteiger partial charge is 0.266 e. The van der Waals surface area contributed by atoms with E-state index in [-0.39, 0.29) is 23.3 Å². The molecule has 7 nitrogen and oxygen atoms in total. The summed E-state index contributed by atoms with van der Waals surface area (Å²) in [6, 6.07) is 12.8. The lowest BCUT2D eigenvalue weighted by Crippen LogP contribution is -2.35. The van der Waals surface area contributed by atoms with Gasteiger partial charge in [0, 0.05) is 12.1 Å². The molecule has 4 rings (SSSR count). The van der Waals surface area contributed by atoms with E-state index in [2.05, 4.69) is 5.32 Å². The molecule has 0 aliphatic heterocycles. The Morgan fingerprint density at radius 3 is 2.52 bits per heavy atom. The average molecular weight is 468 g/mol. The van der Waals surface area contributed by atoms with Gasteiger partial charge in [-0.2, -0.15) is 0 Å². The number of aromatic nitrogens is 2. The number of amides is 1. The van der Waals surface area contributed by atoms with Gasteiger partial charge in [0.25, 0.3) is 5.56 Å². The highest BCUT2D eigenvalue weighted by Crippen LogP contribution is 2.30. The molecule has 1 aliphatic rings. The number of carbonyl (C=O) groups excluding carboxylic acids is 1. The van der Waals surface area contributed by atoms with E-state index in [9.17, 15) is 9.59 Å². The number of thioether (sulfide) groups is 1. The molecule has 2 aromatic carbocycles. The monoisotopic (exact) mass is 467 g/mol. The van der Waals surface area contributed by atoms with Gasteiger partial charge in [0.05, 0.1) is 36.6 Å². The molecular weight excluding hydrogens is 438 g/mol. The number of benzene rings is 2. The molecule has 0 spiro atoms. The molecule has 1 amide bonds. The Kier molecular flexibility index (Phi) is 7.54. The molecule has 0 atom stereocenters. The van der Waals surface area contributed by atoms with E-state index in [1.54, 1.807) is 38.5 Å². The summed E-state index contributed by atoms with van der Waals surface area (Å²) in [5, 5.41) is 4.14. The van der Waals surface area contributed by atoms with Crippen LogP contribution in [0.2, 0.25) is 0 Å². The number of para-hydroxylation sites is 1. The third kappa shape index (κ3) is 5.33. The fourth-order valence-corrected chi connectivity index (χ4v) is 5.05. The first-order valence-corrected chi connectivity index (χ1v) is 12.3. The number of hydrogen-bond acceptors (Lipinski definition) is 6. The lowest BCUT2D eigenvalue weighted by molar-refractivity contribution is -0.119. The number of nitrogens with one attached hydrogen (secondary N) is 1. The maximum absolute atomic E-state index is 13.4. The zero-order valence-corrected chi connectivity index (χ0v) is 19.8. The molecule has 1 saturated carbocycles. The van der Waals surface area contributed by atoms with Crippen molar-refractivity contribution in [2.75, 3.05) is 20.0 Å². The minimum absolute atomic E-state index is 0.0341. The molecule has 0 radical (unpaired) electrons. The maximum atomic E-state index is 13.4. The van der Waals surface area contributed by atoms with E-state index >= 15 is 0 Å². The van der Waals surface area contributed by atoms with Gasteiger partial charge >= 0.3 is 0 Å². The summed E-state index contributed by atoms with van der Waals surface area (Å²) < 4.78 is 12.3. The summed E-state index contributed by atoms with van der Waals surface area (Å²) in [7, 11) is 3.12. The largest absolute Gasteiger partial charge is 0.493 e. The predicted molar refractivity (Wildman–Crippen MR) is 131 cm³/mol. The van der Waals surface area contributed by atoms with Crippen LogP contribution in [0.25, 0.3) is 16.6 Å². The Bertz CT molecular complexity index is 1190. The SMILES string of the molecule is COc1ccc(-n2c(SCC(=O)NC3CCCCCC3)nc3ccccc3c2=O)cc1OC. The highest BCUT2D eigenvalue weighted by atomic mass is 32.2. The second kappa shape index (κ2) is 10.7. The van der Waals surface area contributed by atoms with Crippen LogP contribution in [0, 0.1) is 0 Å². The van der Waals surface area contributed by atoms with E-state index in [1.807, 2.05) is 18.2 Å². The molecule has 3 aromatic rings. The van der Waals surface area contributed by atoms with Crippen molar-refractivity contribution in [1.82, 2.24) is 14.9 Å². The first-order valence-electron chi connectivity index (χ1n) is 11.3. The fraction of sp³-hybridized carbons (Fsp3) is 0.400. The lowest BCUT2D eigenvalue weighted by atomic mass is 10.1. The molecule has 1 N–H and O–H groups in total. The molecule has 174 valence electrons. The minimum Gasteiger partial charge on any atom is -0.493 e. The summed E-state index contributed by atoms with van der Waals surface area (Å²) in [5.74, 6) is 1.24. The van der Waals surface area contributed by atoms with Crippen molar-refractivity contribution in [2.45, 2.75) is 49.7 Å². The maximum Gasteiger partial charge on any atom is 0.266 e. The van der Waals surface area contributed by atoms with Crippen LogP contribution in [0.3, 0.4) is 0 Å². The van der Waals surface area contributed by atoms with Crippen molar-refractivity contribution in [3.8, 4) is 17.2 Å². The van der Waals surface area contributed by atoms with Crippen molar-refractivity contribution >= 4 is 28.6 Å². The van der Waals surface area contributed by atoms with Crippen molar-refractivity contribution in [3.05, 3.63) is 52.8 Å². The Hall–Kier alpha value is -3.00. The van der Waals surface area contributed by atoms with Crippen LogP contribution < -0.4 is 20.3 Å². The van der Waals surface area contributed by atoms with Gasteiger partial charge in [-0.25, -0.2) is 4.98 Å². The Morgan fingerprint density at radius 1 is 1.06 bits per heavy atom. The molecule has 1 aliphatic carbocycles. The van der Waals surface area contributed by atoms with Crippen LogP contribution in [-0.2, 0) is 4.79 Å². The number of carbonyl (C=O) groups is 1. The quantitative estimate of drug-likeness (QED) is 0.316. The number of nitrogens with zero attached hydrogens (tertiary/aromatic N) is 2. The molecule has 1 heterocycles. The third-order valence-corrected chi connectivity index (χ3v) is 6.86. The first kappa shape index (κ1) is 23.2. The summed E-state index contributed by atoms with van der Waals surface area (Å²) >= 11 is 1.26. The summed E-state index contributed by atoms with van der Waals surface area (Å²) in [4.78, 5) is 30.9. The Balaban J connectivity index is 1.65. The number of methoxy groups -OCH3 is 2. The number of fused-ring (bicyclic) bond motifs is 1. The normalized spacial score (nSPS) is 14.6. The van der Waals surface area contributed by atoms with E-state index < -0.39 is 0 Å². The fourth-order valence-electron chi connectivity index (χ4n) is 4.22. The van der Waals surface area contributed by atoms with Crippen LogP contribution in [0.1, 0.15) is 38.5 Å². The van der Waals surface area contributed by atoms with E-state index in [0.717, 1.165) is 25.7 Å². The number of rotatable bonds is 7. The summed E-state index contributed by atoms with van der Waals surface area (Å²) in [5.41, 5.74) is 1.01. The van der Waals surface area contributed by atoms with Crippen LogP contribution in [0.5, 0.6) is 11.5 Å². The Labute approximate surface area is 197 Å². The Morgan fingerprint density at radius 2 is 1.79 bits per heavy atom. The molecule has 0 unspecified atom stereocenters. The van der Waals surface area contributed by atoms with Gasteiger partial charge in [-0.1, -0.05) is 49.6 Å². The van der Waals surface area contributed by atoms with Crippen LogP contribution in [0.4, 0.5) is 0 Å². The van der Waals surface area contributed by atoms with Crippen LogP contribution >= 0.6 is 11.8 Å². The van der Waals surface area contributed by atoms with Gasteiger partial charge in [-0.3, -0.25) is 14.2 Å². The van der Waals surface area contributed by atoms with Crippen molar-refractivity contribution < 1.29 is 14.3 Å². The molecule has 8 heteroatoms. The van der Waals surface area contributed by atoms with Crippen molar-refractivity contribution in [3.63, 3.8) is 0 Å². The van der Waals surface area contributed by atoms with Gasteiger partial charge in [-0.15, -0.1) is 0 Å². The molecule has 1 aromatic heterocycles. The summed E-state index contributed by atoms with van der Waals surface area (Å²) in [6.07, 6.45) is 6.84. The molecule has 33 heavy (non-hydrogen) atoms.